The fourth-order valence-electron chi connectivity index (χ4n) is 3.52. The van der Waals surface area contributed by atoms with Gasteiger partial charge in [-0.15, -0.1) is 0 Å². The van der Waals surface area contributed by atoms with Crippen molar-refractivity contribution >= 4 is 34.9 Å². The average Bonchev–Trinajstić information content (AvgIpc) is 2.99. The molecule has 1 unspecified atom stereocenters. The van der Waals surface area contributed by atoms with Crippen LogP contribution < -0.4 is 4.74 Å². The molecule has 0 bridgehead atoms. The zero-order valence-corrected chi connectivity index (χ0v) is 14.8. The Labute approximate surface area is 155 Å². The Morgan fingerprint density at radius 1 is 1.16 bits per heavy atom. The Bertz CT molecular complexity index is 883. The van der Waals surface area contributed by atoms with E-state index in [0.29, 0.717) is 46.4 Å². The summed E-state index contributed by atoms with van der Waals surface area (Å²) < 4.78 is 6.15. The smallest absolute Gasteiger partial charge is 0.255 e. The maximum absolute atomic E-state index is 12.8. The predicted octanol–water partition coefficient (Wildman–Crippen LogP) is 4.24. The van der Waals surface area contributed by atoms with E-state index < -0.39 is 5.60 Å². The van der Waals surface area contributed by atoms with Gasteiger partial charge in [0.15, 0.2) is 5.78 Å². The minimum atomic E-state index is -0.661. The fraction of sp³-hybridized carbons (Fsp3) is 0.263. The number of likely N-dealkylation sites (tertiary alicyclic amines) is 1. The Balaban J connectivity index is 1.59. The van der Waals surface area contributed by atoms with Crippen LogP contribution in [0.4, 0.5) is 0 Å². The molecule has 0 N–H and O–H groups in total. The monoisotopic (exact) mass is 375 g/mol. The lowest BCUT2D eigenvalue weighted by molar-refractivity contribution is 0.0428. The molecule has 1 fully saturated rings. The Morgan fingerprint density at radius 2 is 1.96 bits per heavy atom. The lowest BCUT2D eigenvalue weighted by Crippen LogP contribution is -2.45. The molecule has 1 atom stereocenters. The number of amides is 1. The molecule has 1 spiro atoms. The fourth-order valence-corrected chi connectivity index (χ4v) is 3.89. The Kier molecular flexibility index (Phi) is 3.97. The predicted molar refractivity (Wildman–Crippen MR) is 95.7 cm³/mol. The number of rotatable bonds is 1. The highest BCUT2D eigenvalue weighted by molar-refractivity contribution is 6.35. The molecule has 4 rings (SSSR count). The molecule has 2 aromatic carbocycles. The molecular formula is C19H15Cl2NO3. The van der Waals surface area contributed by atoms with Crippen LogP contribution in [0, 0.1) is 0 Å². The number of carbonyl (C=O) groups excluding carboxylic acids is 2. The number of fused-ring (bicyclic) bond motifs is 1. The average molecular weight is 376 g/mol. The molecule has 2 aromatic rings. The maximum atomic E-state index is 12.8. The summed E-state index contributed by atoms with van der Waals surface area (Å²) in [7, 11) is 0. The number of Topliss-reactive ketones (excluding diaryl/α,β-unsaturated/α-hetero) is 1. The second kappa shape index (κ2) is 6.04. The lowest BCUT2D eigenvalue weighted by Gasteiger charge is -2.34. The van der Waals surface area contributed by atoms with Gasteiger partial charge in [0.2, 0.25) is 0 Å². The van der Waals surface area contributed by atoms with Crippen molar-refractivity contribution in [3.05, 3.63) is 63.6 Å². The van der Waals surface area contributed by atoms with E-state index in [1.165, 1.54) is 0 Å². The first-order valence-electron chi connectivity index (χ1n) is 8.03. The summed E-state index contributed by atoms with van der Waals surface area (Å²) in [4.78, 5) is 27.0. The number of ether oxygens (including phenoxy) is 1. The zero-order chi connectivity index (χ0) is 17.6. The van der Waals surface area contributed by atoms with Gasteiger partial charge in [-0.3, -0.25) is 9.59 Å². The molecule has 2 aliphatic heterocycles. The maximum Gasteiger partial charge on any atom is 0.255 e. The summed E-state index contributed by atoms with van der Waals surface area (Å²) in [6, 6.07) is 12.1. The van der Waals surface area contributed by atoms with Crippen LogP contribution in [-0.2, 0) is 0 Å². The number of nitrogens with zero attached hydrogens (tertiary/aromatic N) is 1. The summed E-state index contributed by atoms with van der Waals surface area (Å²) in [6.45, 7) is 0.867. The van der Waals surface area contributed by atoms with Crippen LogP contribution in [0.15, 0.2) is 42.5 Å². The van der Waals surface area contributed by atoms with Crippen molar-refractivity contribution < 1.29 is 14.3 Å². The van der Waals surface area contributed by atoms with Crippen LogP contribution in [0.25, 0.3) is 0 Å². The van der Waals surface area contributed by atoms with Gasteiger partial charge in [0.05, 0.1) is 29.1 Å². The van der Waals surface area contributed by atoms with Crippen molar-refractivity contribution in [2.24, 2.45) is 0 Å². The zero-order valence-electron chi connectivity index (χ0n) is 13.3. The summed E-state index contributed by atoms with van der Waals surface area (Å²) in [6.07, 6.45) is 0.883. The van der Waals surface area contributed by atoms with Crippen molar-refractivity contribution in [1.82, 2.24) is 4.90 Å². The number of benzene rings is 2. The highest BCUT2D eigenvalue weighted by atomic mass is 35.5. The van der Waals surface area contributed by atoms with E-state index in [1.54, 1.807) is 35.2 Å². The minimum Gasteiger partial charge on any atom is -0.484 e. The van der Waals surface area contributed by atoms with Crippen LogP contribution in [0.5, 0.6) is 5.75 Å². The lowest BCUT2D eigenvalue weighted by atomic mass is 9.89. The van der Waals surface area contributed by atoms with Gasteiger partial charge in [0.1, 0.15) is 11.4 Å². The van der Waals surface area contributed by atoms with Gasteiger partial charge in [-0.25, -0.2) is 0 Å². The number of ketones is 1. The summed E-state index contributed by atoms with van der Waals surface area (Å²) in [5, 5.41) is 0.820. The second-order valence-electron chi connectivity index (χ2n) is 6.48. The molecule has 4 nitrogen and oxygen atoms in total. The first-order valence-corrected chi connectivity index (χ1v) is 8.79. The highest BCUT2D eigenvalue weighted by Crippen LogP contribution is 2.39. The largest absolute Gasteiger partial charge is 0.484 e. The molecule has 1 amide bonds. The third-order valence-electron chi connectivity index (χ3n) is 4.76. The van der Waals surface area contributed by atoms with Crippen LogP contribution in [0.3, 0.4) is 0 Å². The van der Waals surface area contributed by atoms with E-state index in [2.05, 4.69) is 0 Å². The quantitative estimate of drug-likeness (QED) is 0.748. The first-order chi connectivity index (χ1) is 12.0. The number of carbonyl (C=O) groups is 2. The molecule has 25 heavy (non-hydrogen) atoms. The molecular weight excluding hydrogens is 361 g/mol. The highest BCUT2D eigenvalue weighted by Gasteiger charge is 2.47. The molecule has 128 valence electrons. The second-order valence-corrected chi connectivity index (χ2v) is 7.33. The third-order valence-corrected chi connectivity index (χ3v) is 5.32. The van der Waals surface area contributed by atoms with E-state index in [4.69, 9.17) is 27.9 Å². The van der Waals surface area contributed by atoms with Crippen molar-refractivity contribution in [2.45, 2.75) is 18.4 Å². The van der Waals surface area contributed by atoms with E-state index >= 15 is 0 Å². The molecule has 0 saturated carbocycles. The van der Waals surface area contributed by atoms with Crippen LogP contribution >= 0.6 is 23.2 Å². The number of para-hydroxylation sites is 1. The summed E-state index contributed by atoms with van der Waals surface area (Å²) >= 11 is 12.1. The van der Waals surface area contributed by atoms with E-state index in [-0.39, 0.29) is 18.1 Å². The van der Waals surface area contributed by atoms with Crippen molar-refractivity contribution in [2.75, 3.05) is 13.1 Å². The SMILES string of the molecule is O=C1CC2(CCN(C(=O)c3cc(Cl)ccc3Cl)C2)Oc2ccccc21. The van der Waals surface area contributed by atoms with Gasteiger partial charge in [0, 0.05) is 18.0 Å². The van der Waals surface area contributed by atoms with Gasteiger partial charge >= 0.3 is 0 Å². The summed E-state index contributed by atoms with van der Waals surface area (Å²) in [5.74, 6) is 0.449. The van der Waals surface area contributed by atoms with Gasteiger partial charge < -0.3 is 9.64 Å². The number of halogens is 2. The molecule has 0 aromatic heterocycles. The Hall–Kier alpha value is -2.04. The van der Waals surface area contributed by atoms with Crippen LogP contribution in [0.2, 0.25) is 10.0 Å². The van der Waals surface area contributed by atoms with E-state index in [0.717, 1.165) is 0 Å². The normalized spacial score (nSPS) is 22.0. The van der Waals surface area contributed by atoms with Crippen molar-refractivity contribution in [1.29, 1.82) is 0 Å². The van der Waals surface area contributed by atoms with Crippen LogP contribution in [0.1, 0.15) is 33.6 Å². The van der Waals surface area contributed by atoms with Crippen molar-refractivity contribution in [3.8, 4) is 5.75 Å². The molecule has 2 heterocycles. The van der Waals surface area contributed by atoms with Gasteiger partial charge in [0.25, 0.3) is 5.91 Å². The van der Waals surface area contributed by atoms with E-state index in [1.807, 2.05) is 12.1 Å². The summed E-state index contributed by atoms with van der Waals surface area (Å²) in [5.41, 5.74) is 0.316. The molecule has 0 radical (unpaired) electrons. The topological polar surface area (TPSA) is 46.6 Å². The Morgan fingerprint density at radius 3 is 2.80 bits per heavy atom. The van der Waals surface area contributed by atoms with Crippen LogP contribution in [-0.4, -0.2) is 35.3 Å². The third kappa shape index (κ3) is 2.90. The van der Waals surface area contributed by atoms with Gasteiger partial charge in [-0.1, -0.05) is 35.3 Å². The van der Waals surface area contributed by atoms with Gasteiger partial charge in [-0.05, 0) is 30.3 Å². The first kappa shape index (κ1) is 16.4. The molecule has 2 aliphatic rings. The van der Waals surface area contributed by atoms with Gasteiger partial charge in [-0.2, -0.15) is 0 Å². The minimum absolute atomic E-state index is 0.0527. The molecule has 0 aliphatic carbocycles. The molecule has 6 heteroatoms. The molecule has 1 saturated heterocycles. The number of hydrogen-bond acceptors (Lipinski definition) is 3. The standard InChI is InChI=1S/C19H15Cl2NO3/c20-12-5-6-15(21)14(9-12)18(24)22-8-7-19(11-22)10-16(23)13-3-1-2-4-17(13)25-19/h1-6,9H,7-8,10-11H2. The van der Waals surface area contributed by atoms with E-state index in [9.17, 15) is 9.59 Å². The van der Waals surface area contributed by atoms with Crippen molar-refractivity contribution in [3.63, 3.8) is 0 Å². The number of hydrogen-bond donors (Lipinski definition) is 0.